The third-order valence-electron chi connectivity index (χ3n) is 5.34. The number of carbonyl (C=O) groups excluding carboxylic acids is 3. The molecule has 1 unspecified atom stereocenters. The van der Waals surface area contributed by atoms with E-state index < -0.39 is 36.0 Å². The zero-order valence-electron chi connectivity index (χ0n) is 18.8. The Morgan fingerprint density at radius 1 is 0.941 bits per heavy atom. The molecule has 3 rings (SSSR count). The van der Waals surface area contributed by atoms with E-state index in [1.807, 2.05) is 48.5 Å². The third-order valence-corrected chi connectivity index (χ3v) is 5.34. The molecular formula is C24H26N2O8. The van der Waals surface area contributed by atoms with Gasteiger partial charge in [0.15, 0.2) is 6.04 Å². The molecule has 10 nitrogen and oxygen atoms in total. The Balaban J connectivity index is 1.70. The van der Waals surface area contributed by atoms with Crippen molar-refractivity contribution in [3.05, 3.63) is 59.7 Å². The quantitative estimate of drug-likeness (QED) is 0.352. The highest BCUT2D eigenvalue weighted by Crippen LogP contribution is 2.44. The SMILES string of the molecule is CCOC(=O)C(NC(=O)OCC1c2ccccc2-c2ccccc21)C(=O)N[C@@H](COC)C(=O)O. The van der Waals surface area contributed by atoms with Crippen molar-refractivity contribution in [2.45, 2.75) is 24.9 Å². The van der Waals surface area contributed by atoms with Gasteiger partial charge in [0.05, 0.1) is 13.2 Å². The van der Waals surface area contributed by atoms with Gasteiger partial charge in [-0.15, -0.1) is 0 Å². The van der Waals surface area contributed by atoms with Crippen LogP contribution < -0.4 is 10.6 Å². The average molecular weight is 470 g/mol. The van der Waals surface area contributed by atoms with Crippen molar-refractivity contribution in [1.82, 2.24) is 10.6 Å². The summed E-state index contributed by atoms with van der Waals surface area (Å²) < 4.78 is 15.0. The molecule has 180 valence electrons. The van der Waals surface area contributed by atoms with Gasteiger partial charge in [-0.1, -0.05) is 48.5 Å². The number of hydrogen-bond acceptors (Lipinski definition) is 7. The van der Waals surface area contributed by atoms with Crippen LogP contribution in [0.5, 0.6) is 0 Å². The predicted octanol–water partition coefficient (Wildman–Crippen LogP) is 1.67. The molecule has 3 N–H and O–H groups in total. The van der Waals surface area contributed by atoms with Crippen LogP contribution in [0.1, 0.15) is 24.0 Å². The lowest BCUT2D eigenvalue weighted by Crippen LogP contribution is -2.56. The summed E-state index contributed by atoms with van der Waals surface area (Å²) in [7, 11) is 1.26. The van der Waals surface area contributed by atoms with Crippen LogP contribution in [0.2, 0.25) is 0 Å². The van der Waals surface area contributed by atoms with Crippen LogP contribution in [0, 0.1) is 0 Å². The second-order valence-corrected chi connectivity index (χ2v) is 7.51. The van der Waals surface area contributed by atoms with Crippen molar-refractivity contribution in [2.75, 3.05) is 26.9 Å². The maximum Gasteiger partial charge on any atom is 0.408 e. The number of esters is 1. The summed E-state index contributed by atoms with van der Waals surface area (Å²) >= 11 is 0. The second kappa shape index (κ2) is 11.3. The monoisotopic (exact) mass is 470 g/mol. The topological polar surface area (TPSA) is 140 Å². The number of rotatable bonds is 10. The van der Waals surface area contributed by atoms with Crippen LogP contribution in [0.25, 0.3) is 11.1 Å². The second-order valence-electron chi connectivity index (χ2n) is 7.51. The van der Waals surface area contributed by atoms with Crippen molar-refractivity contribution in [2.24, 2.45) is 0 Å². The van der Waals surface area contributed by atoms with E-state index in [-0.39, 0.29) is 25.7 Å². The maximum absolute atomic E-state index is 12.6. The van der Waals surface area contributed by atoms with Crippen molar-refractivity contribution in [1.29, 1.82) is 0 Å². The van der Waals surface area contributed by atoms with Crippen LogP contribution in [-0.4, -0.2) is 68.1 Å². The fourth-order valence-electron chi connectivity index (χ4n) is 3.81. The molecule has 0 aromatic heterocycles. The van der Waals surface area contributed by atoms with Crippen LogP contribution in [0.3, 0.4) is 0 Å². The number of carbonyl (C=O) groups is 4. The molecule has 0 saturated carbocycles. The van der Waals surface area contributed by atoms with Gasteiger partial charge in [0.25, 0.3) is 5.91 Å². The van der Waals surface area contributed by atoms with E-state index in [4.69, 9.17) is 14.2 Å². The zero-order valence-corrected chi connectivity index (χ0v) is 18.8. The van der Waals surface area contributed by atoms with Gasteiger partial charge >= 0.3 is 18.0 Å². The van der Waals surface area contributed by atoms with Gasteiger partial charge in [-0.3, -0.25) is 10.1 Å². The summed E-state index contributed by atoms with van der Waals surface area (Å²) in [5.74, 6) is -3.68. The van der Waals surface area contributed by atoms with E-state index in [9.17, 15) is 24.3 Å². The Morgan fingerprint density at radius 2 is 1.53 bits per heavy atom. The number of amides is 2. The van der Waals surface area contributed by atoms with E-state index in [0.717, 1.165) is 22.3 Å². The van der Waals surface area contributed by atoms with Gasteiger partial charge in [0.2, 0.25) is 6.04 Å². The minimum Gasteiger partial charge on any atom is -0.480 e. The lowest BCUT2D eigenvalue weighted by Gasteiger charge is -2.20. The van der Waals surface area contributed by atoms with Gasteiger partial charge in [0.1, 0.15) is 6.61 Å². The van der Waals surface area contributed by atoms with Gasteiger partial charge in [-0.05, 0) is 29.2 Å². The summed E-state index contributed by atoms with van der Waals surface area (Å²) in [6.07, 6.45) is -1.02. The summed E-state index contributed by atoms with van der Waals surface area (Å²) in [5.41, 5.74) is 4.10. The van der Waals surface area contributed by atoms with Crippen molar-refractivity contribution in [3.63, 3.8) is 0 Å². The smallest absolute Gasteiger partial charge is 0.408 e. The van der Waals surface area contributed by atoms with Crippen LogP contribution in [-0.2, 0) is 28.6 Å². The molecule has 10 heteroatoms. The zero-order chi connectivity index (χ0) is 24.7. The summed E-state index contributed by atoms with van der Waals surface area (Å²) in [6.45, 7) is 1.13. The molecule has 2 atom stereocenters. The van der Waals surface area contributed by atoms with Gasteiger partial charge in [-0.2, -0.15) is 0 Å². The summed E-state index contributed by atoms with van der Waals surface area (Å²) in [4.78, 5) is 48.7. The highest BCUT2D eigenvalue weighted by molar-refractivity contribution is 6.05. The summed E-state index contributed by atoms with van der Waals surface area (Å²) in [5, 5.41) is 13.5. The first-order valence-electron chi connectivity index (χ1n) is 10.7. The molecule has 0 spiro atoms. The van der Waals surface area contributed by atoms with E-state index in [1.165, 1.54) is 14.0 Å². The number of methoxy groups -OCH3 is 1. The third kappa shape index (κ3) is 5.52. The van der Waals surface area contributed by atoms with Crippen molar-refractivity contribution in [3.8, 4) is 11.1 Å². The Kier molecular flexibility index (Phi) is 8.20. The minimum atomic E-state index is -1.80. The fourth-order valence-corrected chi connectivity index (χ4v) is 3.81. The molecule has 1 aliphatic rings. The van der Waals surface area contributed by atoms with Crippen molar-refractivity contribution < 1.29 is 38.5 Å². The largest absolute Gasteiger partial charge is 0.480 e. The number of carboxylic acid groups (broad SMARTS) is 1. The van der Waals surface area contributed by atoms with Crippen LogP contribution >= 0.6 is 0 Å². The average Bonchev–Trinajstić information content (AvgIpc) is 3.14. The minimum absolute atomic E-state index is 0.0293. The van der Waals surface area contributed by atoms with Crippen molar-refractivity contribution >= 4 is 23.9 Å². The number of benzene rings is 2. The standard InChI is InChI=1S/C24H26N2O8/c1-3-33-23(30)20(21(27)25-19(13-32-2)22(28)29)26-24(31)34-12-18-16-10-6-4-8-14(16)15-9-5-7-11-17(15)18/h4-11,18-20H,3,12-13H2,1-2H3,(H,25,27)(H,26,31)(H,28,29)/t19-,20?/m0/s1. The molecule has 2 aromatic rings. The Morgan fingerprint density at radius 3 is 2.06 bits per heavy atom. The Hall–Kier alpha value is -3.92. The van der Waals surface area contributed by atoms with E-state index >= 15 is 0 Å². The maximum atomic E-state index is 12.6. The number of fused-ring (bicyclic) bond motifs is 3. The molecule has 0 radical (unpaired) electrons. The number of nitrogens with one attached hydrogen (secondary N) is 2. The molecule has 1 aliphatic carbocycles. The first-order chi connectivity index (χ1) is 16.4. The molecule has 0 fully saturated rings. The Bertz CT molecular complexity index is 1020. The van der Waals surface area contributed by atoms with Gasteiger partial charge < -0.3 is 24.6 Å². The fraction of sp³-hybridized carbons (Fsp3) is 0.333. The molecule has 0 bridgehead atoms. The number of aliphatic carboxylic acids is 1. The van der Waals surface area contributed by atoms with Gasteiger partial charge in [0, 0.05) is 13.0 Å². The molecule has 34 heavy (non-hydrogen) atoms. The number of carboxylic acids is 1. The lowest BCUT2D eigenvalue weighted by molar-refractivity contribution is -0.151. The van der Waals surface area contributed by atoms with Crippen LogP contribution in [0.15, 0.2) is 48.5 Å². The van der Waals surface area contributed by atoms with E-state index in [2.05, 4.69) is 10.6 Å². The predicted molar refractivity (Wildman–Crippen MR) is 120 cm³/mol. The molecule has 0 saturated heterocycles. The van der Waals surface area contributed by atoms with E-state index in [1.54, 1.807) is 0 Å². The number of ether oxygens (including phenoxy) is 3. The molecule has 0 aliphatic heterocycles. The van der Waals surface area contributed by atoms with Gasteiger partial charge in [-0.25, -0.2) is 14.4 Å². The summed E-state index contributed by atoms with van der Waals surface area (Å²) in [6, 6.07) is 12.4. The number of alkyl carbamates (subject to hydrolysis) is 1. The molecule has 0 heterocycles. The number of hydrogen-bond donors (Lipinski definition) is 3. The molecule has 2 aromatic carbocycles. The molecule has 2 amide bonds. The first-order valence-corrected chi connectivity index (χ1v) is 10.7. The van der Waals surface area contributed by atoms with E-state index in [0.29, 0.717) is 0 Å². The highest BCUT2D eigenvalue weighted by Gasteiger charge is 2.34. The first kappa shape index (κ1) is 24.7. The molecular weight excluding hydrogens is 444 g/mol. The highest BCUT2D eigenvalue weighted by atomic mass is 16.6. The Labute approximate surface area is 196 Å². The lowest BCUT2D eigenvalue weighted by atomic mass is 9.98. The normalized spacial score (nSPS) is 13.7. The van der Waals surface area contributed by atoms with Crippen LogP contribution in [0.4, 0.5) is 4.79 Å².